The second kappa shape index (κ2) is 6.29. The fraction of sp³-hybridized carbons (Fsp3) is 0.533. The van der Waals surface area contributed by atoms with E-state index in [1.807, 2.05) is 13.1 Å². The molecule has 0 aliphatic carbocycles. The molecule has 2 aromatic heterocycles. The van der Waals surface area contributed by atoms with Gasteiger partial charge in [0.1, 0.15) is 6.04 Å². The molecule has 0 saturated carbocycles. The summed E-state index contributed by atoms with van der Waals surface area (Å²) in [6, 6.07) is 0.109. The number of nitrogens with zero attached hydrogens (tertiary/aromatic N) is 5. The summed E-state index contributed by atoms with van der Waals surface area (Å²) in [4.78, 5) is 14.0. The minimum absolute atomic E-state index is 0.286. The number of carbonyl (C=O) groups excluding carboxylic acids is 1. The van der Waals surface area contributed by atoms with Gasteiger partial charge in [-0.2, -0.15) is 23.4 Å². The van der Waals surface area contributed by atoms with E-state index in [1.54, 1.807) is 18.8 Å². The smallest absolute Gasteiger partial charge is 0.339 e. The fourth-order valence-corrected chi connectivity index (χ4v) is 2.58. The molecule has 0 aliphatic rings. The van der Waals surface area contributed by atoms with E-state index in [2.05, 4.69) is 10.2 Å². The first kappa shape index (κ1) is 18.0. The Kier molecular flexibility index (Phi) is 4.73. The number of halogens is 3. The maximum atomic E-state index is 12.8. The summed E-state index contributed by atoms with van der Waals surface area (Å²) >= 11 is 0. The molecule has 2 heterocycles. The summed E-state index contributed by atoms with van der Waals surface area (Å²) in [6.07, 6.45) is -2.72. The first-order valence-corrected chi connectivity index (χ1v) is 7.38. The lowest BCUT2D eigenvalue weighted by molar-refractivity contribution is -0.142. The lowest BCUT2D eigenvalue weighted by atomic mass is 10.2. The van der Waals surface area contributed by atoms with Gasteiger partial charge < -0.3 is 4.90 Å². The van der Waals surface area contributed by atoms with Crippen LogP contribution in [0.15, 0.2) is 12.3 Å². The number of aromatic nitrogens is 4. The Labute approximate surface area is 137 Å². The van der Waals surface area contributed by atoms with Crippen molar-refractivity contribution >= 4 is 5.91 Å². The summed E-state index contributed by atoms with van der Waals surface area (Å²) in [5.74, 6) is -0.321. The number of hydrogen-bond acceptors (Lipinski definition) is 3. The lowest BCUT2D eigenvalue weighted by Crippen LogP contribution is -2.33. The standard InChI is InChI=1S/C15H20F3N5O/c1-9-6-13(15(16,17)18)20-23(9)11(3)14(24)21(4)7-12-8-22(5)19-10(12)2/h6,8,11H,7H2,1-5H3. The summed E-state index contributed by atoms with van der Waals surface area (Å²) in [7, 11) is 3.39. The highest BCUT2D eigenvalue weighted by molar-refractivity contribution is 5.79. The molecule has 0 N–H and O–H groups in total. The summed E-state index contributed by atoms with van der Waals surface area (Å²) in [5.41, 5.74) is 0.979. The number of carbonyl (C=O) groups is 1. The molecular formula is C15H20F3N5O. The summed E-state index contributed by atoms with van der Waals surface area (Å²) in [6.45, 7) is 5.20. The van der Waals surface area contributed by atoms with E-state index in [4.69, 9.17) is 0 Å². The molecule has 6 nitrogen and oxygen atoms in total. The molecule has 24 heavy (non-hydrogen) atoms. The van der Waals surface area contributed by atoms with E-state index in [1.165, 1.54) is 18.7 Å². The zero-order valence-electron chi connectivity index (χ0n) is 14.2. The first-order valence-electron chi connectivity index (χ1n) is 7.38. The Morgan fingerprint density at radius 1 is 1.33 bits per heavy atom. The highest BCUT2D eigenvalue weighted by Gasteiger charge is 2.35. The SMILES string of the molecule is Cc1nn(C)cc1CN(C)C(=O)C(C)n1nc(C(F)(F)F)cc1C. The van der Waals surface area contributed by atoms with Crippen molar-refractivity contribution in [3.05, 3.63) is 34.9 Å². The number of amides is 1. The van der Waals surface area contributed by atoms with Gasteiger partial charge in [0.2, 0.25) is 5.91 Å². The average molecular weight is 343 g/mol. The number of likely N-dealkylation sites (N-methyl/N-ethyl adjacent to an activating group) is 1. The van der Waals surface area contributed by atoms with Crippen LogP contribution in [-0.2, 0) is 24.6 Å². The van der Waals surface area contributed by atoms with Gasteiger partial charge in [-0.15, -0.1) is 0 Å². The van der Waals surface area contributed by atoms with Gasteiger partial charge in [-0.05, 0) is 26.8 Å². The number of rotatable bonds is 4. The fourth-order valence-electron chi connectivity index (χ4n) is 2.58. The van der Waals surface area contributed by atoms with Gasteiger partial charge in [0.25, 0.3) is 0 Å². The van der Waals surface area contributed by atoms with Gasteiger partial charge in [0.15, 0.2) is 5.69 Å². The maximum absolute atomic E-state index is 12.8. The summed E-state index contributed by atoms with van der Waals surface area (Å²) < 4.78 is 41.0. The van der Waals surface area contributed by atoms with Crippen LogP contribution >= 0.6 is 0 Å². The Balaban J connectivity index is 2.17. The summed E-state index contributed by atoms with van der Waals surface area (Å²) in [5, 5.41) is 7.75. The van der Waals surface area contributed by atoms with E-state index in [-0.39, 0.29) is 11.6 Å². The molecule has 0 bridgehead atoms. The third-order valence-corrected chi connectivity index (χ3v) is 3.84. The molecular weight excluding hydrogens is 323 g/mol. The van der Waals surface area contributed by atoms with E-state index in [0.717, 1.165) is 22.0 Å². The number of hydrogen-bond donors (Lipinski definition) is 0. The molecule has 2 aromatic rings. The largest absolute Gasteiger partial charge is 0.435 e. The molecule has 0 saturated heterocycles. The predicted octanol–water partition coefficient (Wildman–Crippen LogP) is 2.47. The van der Waals surface area contributed by atoms with E-state index in [9.17, 15) is 18.0 Å². The Bertz CT molecular complexity index is 747. The molecule has 2 rings (SSSR count). The van der Waals surface area contributed by atoms with Crippen molar-refractivity contribution in [2.24, 2.45) is 7.05 Å². The Morgan fingerprint density at radius 3 is 2.42 bits per heavy atom. The van der Waals surface area contributed by atoms with Crippen molar-refractivity contribution in [1.82, 2.24) is 24.5 Å². The normalized spacial score (nSPS) is 13.2. The number of aryl methyl sites for hydroxylation is 3. The average Bonchev–Trinajstić information content (AvgIpc) is 3.00. The maximum Gasteiger partial charge on any atom is 0.435 e. The van der Waals surface area contributed by atoms with Crippen LogP contribution < -0.4 is 0 Å². The van der Waals surface area contributed by atoms with Crippen LogP contribution in [0.25, 0.3) is 0 Å². The molecule has 0 aliphatic heterocycles. The second-order valence-corrected chi connectivity index (χ2v) is 5.90. The van der Waals surface area contributed by atoms with Crippen molar-refractivity contribution in [3.63, 3.8) is 0 Å². The monoisotopic (exact) mass is 343 g/mol. The second-order valence-electron chi connectivity index (χ2n) is 5.90. The molecule has 0 spiro atoms. The lowest BCUT2D eigenvalue weighted by Gasteiger charge is -2.22. The zero-order valence-corrected chi connectivity index (χ0v) is 14.2. The topological polar surface area (TPSA) is 56.0 Å². The first-order chi connectivity index (χ1) is 11.0. The molecule has 0 aromatic carbocycles. The van der Waals surface area contributed by atoms with Gasteiger partial charge in [-0.25, -0.2) is 0 Å². The Hall–Kier alpha value is -2.32. The molecule has 0 radical (unpaired) electrons. The van der Waals surface area contributed by atoms with Crippen LogP contribution in [0, 0.1) is 13.8 Å². The predicted molar refractivity (Wildman–Crippen MR) is 81.1 cm³/mol. The minimum atomic E-state index is -4.53. The van der Waals surface area contributed by atoms with Crippen molar-refractivity contribution in [3.8, 4) is 0 Å². The zero-order chi connectivity index (χ0) is 18.2. The highest BCUT2D eigenvalue weighted by atomic mass is 19.4. The van der Waals surface area contributed by atoms with Crippen LogP contribution in [0.4, 0.5) is 13.2 Å². The van der Waals surface area contributed by atoms with Crippen LogP contribution in [0.3, 0.4) is 0 Å². The van der Waals surface area contributed by atoms with E-state index < -0.39 is 17.9 Å². The van der Waals surface area contributed by atoms with Gasteiger partial charge in [-0.3, -0.25) is 14.2 Å². The van der Waals surface area contributed by atoms with Crippen LogP contribution in [0.5, 0.6) is 0 Å². The molecule has 132 valence electrons. The van der Waals surface area contributed by atoms with Crippen molar-refractivity contribution in [2.45, 2.75) is 39.5 Å². The van der Waals surface area contributed by atoms with Crippen LogP contribution in [-0.4, -0.2) is 37.4 Å². The number of alkyl halides is 3. The van der Waals surface area contributed by atoms with E-state index in [0.29, 0.717) is 6.54 Å². The van der Waals surface area contributed by atoms with Crippen LogP contribution in [0.1, 0.15) is 35.6 Å². The minimum Gasteiger partial charge on any atom is -0.339 e. The van der Waals surface area contributed by atoms with Gasteiger partial charge in [-0.1, -0.05) is 0 Å². The van der Waals surface area contributed by atoms with E-state index >= 15 is 0 Å². The van der Waals surface area contributed by atoms with Gasteiger partial charge >= 0.3 is 6.18 Å². The van der Waals surface area contributed by atoms with Crippen molar-refractivity contribution in [1.29, 1.82) is 0 Å². The van der Waals surface area contributed by atoms with Crippen LogP contribution in [0.2, 0.25) is 0 Å². The molecule has 9 heteroatoms. The Morgan fingerprint density at radius 2 is 1.96 bits per heavy atom. The third kappa shape index (κ3) is 3.60. The van der Waals surface area contributed by atoms with Crippen molar-refractivity contribution < 1.29 is 18.0 Å². The molecule has 1 unspecified atom stereocenters. The quantitative estimate of drug-likeness (QED) is 0.857. The molecule has 0 fully saturated rings. The van der Waals surface area contributed by atoms with Crippen molar-refractivity contribution in [2.75, 3.05) is 7.05 Å². The molecule has 1 amide bonds. The van der Waals surface area contributed by atoms with Gasteiger partial charge in [0, 0.05) is 38.1 Å². The molecule has 1 atom stereocenters. The highest BCUT2D eigenvalue weighted by Crippen LogP contribution is 2.29. The van der Waals surface area contributed by atoms with Gasteiger partial charge in [0.05, 0.1) is 5.69 Å². The third-order valence-electron chi connectivity index (χ3n) is 3.84.